The van der Waals surface area contributed by atoms with Crippen LogP contribution in [-0.4, -0.2) is 12.5 Å². The van der Waals surface area contributed by atoms with Crippen molar-refractivity contribution >= 4 is 23.0 Å². The standard InChI is InChI=1S/C17H21NO2/c1-12(16(19)18-11-17(2,3)4)9-14-10-13-7-5-6-8-15(13)20-14/h5-10H,11H2,1-4H3,(H,18,19)/b12-9+. The minimum absolute atomic E-state index is 0.0552. The Kier molecular flexibility index (Phi) is 3.98. The van der Waals surface area contributed by atoms with Crippen LogP contribution in [0.1, 0.15) is 33.5 Å². The zero-order chi connectivity index (χ0) is 14.8. The molecule has 1 N–H and O–H groups in total. The lowest BCUT2D eigenvalue weighted by Gasteiger charge is -2.18. The van der Waals surface area contributed by atoms with Gasteiger partial charge in [0.25, 0.3) is 0 Å². The number of furan rings is 1. The molecule has 0 unspecified atom stereocenters. The first kappa shape index (κ1) is 14.4. The molecular formula is C17H21NO2. The Morgan fingerprint density at radius 2 is 2.00 bits per heavy atom. The fraction of sp³-hybridized carbons (Fsp3) is 0.353. The molecular weight excluding hydrogens is 250 g/mol. The number of rotatable bonds is 3. The van der Waals surface area contributed by atoms with Crippen LogP contribution >= 0.6 is 0 Å². The van der Waals surface area contributed by atoms with Crippen molar-refractivity contribution < 1.29 is 9.21 Å². The number of carbonyl (C=O) groups excluding carboxylic acids is 1. The molecule has 0 bridgehead atoms. The van der Waals surface area contributed by atoms with E-state index in [2.05, 4.69) is 26.1 Å². The Morgan fingerprint density at radius 1 is 1.30 bits per heavy atom. The minimum Gasteiger partial charge on any atom is -0.457 e. The number of amides is 1. The predicted molar refractivity (Wildman–Crippen MR) is 82.3 cm³/mol. The van der Waals surface area contributed by atoms with Gasteiger partial charge in [0.15, 0.2) is 0 Å². The maximum absolute atomic E-state index is 12.0. The van der Waals surface area contributed by atoms with E-state index in [1.165, 1.54) is 0 Å². The number of carbonyl (C=O) groups is 1. The summed E-state index contributed by atoms with van der Waals surface area (Å²) >= 11 is 0. The van der Waals surface area contributed by atoms with E-state index in [4.69, 9.17) is 4.42 Å². The van der Waals surface area contributed by atoms with Gasteiger partial charge in [-0.05, 0) is 30.5 Å². The first-order chi connectivity index (χ1) is 9.35. The lowest BCUT2D eigenvalue weighted by atomic mass is 9.97. The lowest BCUT2D eigenvalue weighted by molar-refractivity contribution is -0.117. The summed E-state index contributed by atoms with van der Waals surface area (Å²) in [5.74, 6) is 0.648. The fourth-order valence-electron chi connectivity index (χ4n) is 1.84. The van der Waals surface area contributed by atoms with E-state index in [-0.39, 0.29) is 11.3 Å². The van der Waals surface area contributed by atoms with Crippen molar-refractivity contribution in [1.82, 2.24) is 5.32 Å². The number of benzene rings is 1. The molecule has 1 aromatic carbocycles. The van der Waals surface area contributed by atoms with Crippen LogP contribution < -0.4 is 5.32 Å². The molecule has 3 heteroatoms. The first-order valence-corrected chi connectivity index (χ1v) is 6.80. The van der Waals surface area contributed by atoms with E-state index < -0.39 is 0 Å². The Morgan fingerprint density at radius 3 is 2.65 bits per heavy atom. The lowest BCUT2D eigenvalue weighted by Crippen LogP contribution is -2.32. The number of nitrogens with one attached hydrogen (secondary N) is 1. The van der Waals surface area contributed by atoms with Crippen LogP contribution in [0.5, 0.6) is 0 Å². The van der Waals surface area contributed by atoms with Gasteiger partial charge in [-0.3, -0.25) is 4.79 Å². The quantitative estimate of drug-likeness (QED) is 0.857. The summed E-state index contributed by atoms with van der Waals surface area (Å²) in [6.07, 6.45) is 1.78. The summed E-state index contributed by atoms with van der Waals surface area (Å²) in [4.78, 5) is 12.0. The molecule has 0 fully saturated rings. The van der Waals surface area contributed by atoms with Crippen molar-refractivity contribution in [3.05, 3.63) is 41.7 Å². The molecule has 0 saturated heterocycles. The van der Waals surface area contributed by atoms with Crippen LogP contribution in [0.4, 0.5) is 0 Å². The van der Waals surface area contributed by atoms with E-state index in [1.807, 2.05) is 30.3 Å². The largest absolute Gasteiger partial charge is 0.457 e. The monoisotopic (exact) mass is 271 g/mol. The van der Waals surface area contributed by atoms with Crippen LogP contribution in [0.25, 0.3) is 17.0 Å². The van der Waals surface area contributed by atoms with Crippen molar-refractivity contribution in [2.24, 2.45) is 5.41 Å². The molecule has 1 amide bonds. The van der Waals surface area contributed by atoms with E-state index in [9.17, 15) is 4.79 Å². The maximum Gasteiger partial charge on any atom is 0.247 e. The van der Waals surface area contributed by atoms with Gasteiger partial charge < -0.3 is 9.73 Å². The summed E-state index contributed by atoms with van der Waals surface area (Å²) in [6.45, 7) is 8.71. The maximum atomic E-state index is 12.0. The van der Waals surface area contributed by atoms with Gasteiger partial charge in [0.1, 0.15) is 11.3 Å². The molecule has 0 aliphatic heterocycles. The molecule has 2 rings (SSSR count). The molecule has 0 atom stereocenters. The van der Waals surface area contributed by atoms with Gasteiger partial charge in [-0.2, -0.15) is 0 Å². The van der Waals surface area contributed by atoms with Crippen LogP contribution in [-0.2, 0) is 4.79 Å². The second-order valence-corrected chi connectivity index (χ2v) is 6.26. The van der Waals surface area contributed by atoms with E-state index in [0.29, 0.717) is 17.9 Å². The number of fused-ring (bicyclic) bond motifs is 1. The highest BCUT2D eigenvalue weighted by molar-refractivity contribution is 5.97. The molecule has 0 spiro atoms. The third kappa shape index (κ3) is 3.73. The van der Waals surface area contributed by atoms with Crippen molar-refractivity contribution in [2.75, 3.05) is 6.54 Å². The van der Waals surface area contributed by atoms with Gasteiger partial charge in [0.2, 0.25) is 5.91 Å². The highest BCUT2D eigenvalue weighted by atomic mass is 16.3. The molecule has 1 aromatic heterocycles. The van der Waals surface area contributed by atoms with Crippen molar-refractivity contribution in [2.45, 2.75) is 27.7 Å². The smallest absolute Gasteiger partial charge is 0.247 e. The Bertz CT molecular complexity index is 611. The molecule has 106 valence electrons. The Balaban J connectivity index is 2.11. The summed E-state index contributed by atoms with van der Waals surface area (Å²) in [5.41, 5.74) is 1.56. The molecule has 1 heterocycles. The second-order valence-electron chi connectivity index (χ2n) is 6.26. The number of para-hydroxylation sites is 1. The average Bonchev–Trinajstić information content (AvgIpc) is 2.76. The topological polar surface area (TPSA) is 42.2 Å². The van der Waals surface area contributed by atoms with Crippen LogP contribution in [0.2, 0.25) is 0 Å². The molecule has 20 heavy (non-hydrogen) atoms. The first-order valence-electron chi connectivity index (χ1n) is 6.80. The van der Waals surface area contributed by atoms with E-state index in [0.717, 1.165) is 11.0 Å². The van der Waals surface area contributed by atoms with Gasteiger partial charge in [-0.15, -0.1) is 0 Å². The SMILES string of the molecule is C/C(=C\c1cc2ccccc2o1)C(=O)NCC(C)(C)C. The second kappa shape index (κ2) is 5.53. The Hall–Kier alpha value is -2.03. The van der Waals surface area contributed by atoms with Gasteiger partial charge in [-0.1, -0.05) is 39.0 Å². The molecule has 0 saturated carbocycles. The molecule has 0 aliphatic carbocycles. The predicted octanol–water partition coefficient (Wildman–Crippen LogP) is 4.00. The van der Waals surface area contributed by atoms with Gasteiger partial charge in [0, 0.05) is 17.5 Å². The van der Waals surface area contributed by atoms with E-state index >= 15 is 0 Å². The van der Waals surface area contributed by atoms with Crippen molar-refractivity contribution in [3.8, 4) is 0 Å². The molecule has 3 nitrogen and oxygen atoms in total. The minimum atomic E-state index is -0.0552. The van der Waals surface area contributed by atoms with Crippen LogP contribution in [0, 0.1) is 5.41 Å². The zero-order valence-corrected chi connectivity index (χ0v) is 12.5. The Labute approximate surface area is 119 Å². The van der Waals surface area contributed by atoms with Gasteiger partial charge in [-0.25, -0.2) is 0 Å². The average molecular weight is 271 g/mol. The third-order valence-electron chi connectivity index (χ3n) is 2.94. The normalized spacial score (nSPS) is 12.7. The van der Waals surface area contributed by atoms with Gasteiger partial charge >= 0.3 is 0 Å². The third-order valence-corrected chi connectivity index (χ3v) is 2.94. The summed E-state index contributed by atoms with van der Waals surface area (Å²) in [7, 11) is 0. The molecule has 2 aromatic rings. The summed E-state index contributed by atoms with van der Waals surface area (Å²) < 4.78 is 5.68. The van der Waals surface area contributed by atoms with Crippen LogP contribution in [0.15, 0.2) is 40.3 Å². The number of hydrogen-bond acceptors (Lipinski definition) is 2. The number of hydrogen-bond donors (Lipinski definition) is 1. The van der Waals surface area contributed by atoms with Crippen molar-refractivity contribution in [3.63, 3.8) is 0 Å². The molecule has 0 radical (unpaired) electrons. The van der Waals surface area contributed by atoms with Crippen LogP contribution in [0.3, 0.4) is 0 Å². The highest BCUT2D eigenvalue weighted by Crippen LogP contribution is 2.20. The molecule has 0 aliphatic rings. The van der Waals surface area contributed by atoms with Gasteiger partial charge in [0.05, 0.1) is 0 Å². The zero-order valence-electron chi connectivity index (χ0n) is 12.5. The summed E-state index contributed by atoms with van der Waals surface area (Å²) in [6, 6.07) is 9.75. The fourth-order valence-corrected chi connectivity index (χ4v) is 1.84. The highest BCUT2D eigenvalue weighted by Gasteiger charge is 2.13. The summed E-state index contributed by atoms with van der Waals surface area (Å²) in [5, 5.41) is 3.97. The van der Waals surface area contributed by atoms with Crippen molar-refractivity contribution in [1.29, 1.82) is 0 Å². The van der Waals surface area contributed by atoms with E-state index in [1.54, 1.807) is 13.0 Å².